The third kappa shape index (κ3) is 3.31. The van der Waals surface area contributed by atoms with Crippen LogP contribution in [-0.2, 0) is 0 Å². The van der Waals surface area contributed by atoms with E-state index < -0.39 is 6.10 Å². The molecule has 84 valence electrons. The summed E-state index contributed by atoms with van der Waals surface area (Å²) in [6.07, 6.45) is 0.946. The number of hydrogen-bond donors (Lipinski definition) is 1. The second-order valence-corrected chi connectivity index (χ2v) is 4.29. The maximum atomic E-state index is 13.4. The minimum Gasteiger partial charge on any atom is -0.388 e. The number of aliphatic hydroxyl groups excluding tert-OH is 1. The van der Waals surface area contributed by atoms with Crippen LogP contribution in [0.4, 0.5) is 4.39 Å². The molecule has 0 saturated heterocycles. The summed E-state index contributed by atoms with van der Waals surface area (Å²) in [6.45, 7) is 6.04. The number of hydrogen-bond acceptors (Lipinski definition) is 1. The number of benzene rings is 1. The maximum absolute atomic E-state index is 13.4. The standard InChI is InChI=1S/C13H19FO/c1-4-9(2)8-13(15)11-7-10(3)5-6-12(11)14/h5-7,9,13,15H,4,8H2,1-3H3. The smallest absolute Gasteiger partial charge is 0.129 e. The summed E-state index contributed by atoms with van der Waals surface area (Å²) < 4.78 is 13.4. The Morgan fingerprint density at radius 1 is 1.40 bits per heavy atom. The summed E-state index contributed by atoms with van der Waals surface area (Å²) in [5.74, 6) is 0.108. The normalized spacial score (nSPS) is 15.0. The van der Waals surface area contributed by atoms with Gasteiger partial charge in [0.1, 0.15) is 5.82 Å². The van der Waals surface area contributed by atoms with Gasteiger partial charge in [0, 0.05) is 5.56 Å². The molecule has 0 aliphatic rings. The van der Waals surface area contributed by atoms with Gasteiger partial charge in [-0.15, -0.1) is 0 Å². The van der Waals surface area contributed by atoms with Gasteiger partial charge in [0.05, 0.1) is 6.10 Å². The van der Waals surface area contributed by atoms with E-state index in [1.54, 1.807) is 12.1 Å². The predicted octanol–water partition coefficient (Wildman–Crippen LogP) is 3.60. The van der Waals surface area contributed by atoms with Crippen LogP contribution in [0.1, 0.15) is 43.9 Å². The molecular formula is C13H19FO. The van der Waals surface area contributed by atoms with E-state index in [9.17, 15) is 9.50 Å². The summed E-state index contributed by atoms with van der Waals surface area (Å²) in [4.78, 5) is 0. The molecule has 1 N–H and O–H groups in total. The van der Waals surface area contributed by atoms with Gasteiger partial charge in [-0.2, -0.15) is 0 Å². The van der Waals surface area contributed by atoms with E-state index in [-0.39, 0.29) is 5.82 Å². The van der Waals surface area contributed by atoms with E-state index >= 15 is 0 Å². The summed E-state index contributed by atoms with van der Waals surface area (Å²) >= 11 is 0. The molecule has 0 radical (unpaired) electrons. The van der Waals surface area contributed by atoms with E-state index in [0.717, 1.165) is 12.0 Å². The van der Waals surface area contributed by atoms with Crippen LogP contribution in [0, 0.1) is 18.7 Å². The van der Waals surface area contributed by atoms with Crippen LogP contribution in [0.3, 0.4) is 0 Å². The van der Waals surface area contributed by atoms with Gasteiger partial charge in [-0.3, -0.25) is 0 Å². The quantitative estimate of drug-likeness (QED) is 0.805. The molecule has 2 atom stereocenters. The van der Waals surface area contributed by atoms with E-state index in [0.29, 0.717) is 17.9 Å². The van der Waals surface area contributed by atoms with Gasteiger partial charge >= 0.3 is 0 Å². The maximum Gasteiger partial charge on any atom is 0.129 e. The molecule has 0 spiro atoms. The minimum atomic E-state index is -0.681. The van der Waals surface area contributed by atoms with Crippen molar-refractivity contribution in [3.05, 3.63) is 35.1 Å². The van der Waals surface area contributed by atoms with E-state index in [4.69, 9.17) is 0 Å². The van der Waals surface area contributed by atoms with Crippen LogP contribution < -0.4 is 0 Å². The molecule has 0 bridgehead atoms. The summed E-state index contributed by atoms with van der Waals surface area (Å²) in [6, 6.07) is 4.86. The number of halogens is 1. The molecule has 15 heavy (non-hydrogen) atoms. The fraction of sp³-hybridized carbons (Fsp3) is 0.538. The van der Waals surface area contributed by atoms with Crippen molar-refractivity contribution in [3.63, 3.8) is 0 Å². The van der Waals surface area contributed by atoms with Gasteiger partial charge < -0.3 is 5.11 Å². The number of aryl methyl sites for hydroxylation is 1. The van der Waals surface area contributed by atoms with Crippen LogP contribution in [0.15, 0.2) is 18.2 Å². The van der Waals surface area contributed by atoms with Gasteiger partial charge in [-0.05, 0) is 25.3 Å². The Kier molecular flexibility index (Phi) is 4.28. The van der Waals surface area contributed by atoms with Crippen LogP contribution >= 0.6 is 0 Å². The predicted molar refractivity (Wildman–Crippen MR) is 60.2 cm³/mol. The highest BCUT2D eigenvalue weighted by Crippen LogP contribution is 2.25. The number of rotatable bonds is 4. The second kappa shape index (κ2) is 5.26. The van der Waals surface area contributed by atoms with E-state index in [1.807, 2.05) is 6.92 Å². The van der Waals surface area contributed by atoms with Crippen LogP contribution in [0.2, 0.25) is 0 Å². The Morgan fingerprint density at radius 2 is 2.07 bits per heavy atom. The highest BCUT2D eigenvalue weighted by molar-refractivity contribution is 5.25. The van der Waals surface area contributed by atoms with Crippen molar-refractivity contribution in [2.75, 3.05) is 0 Å². The molecule has 1 aromatic carbocycles. The van der Waals surface area contributed by atoms with E-state index in [2.05, 4.69) is 13.8 Å². The van der Waals surface area contributed by atoms with Crippen LogP contribution in [-0.4, -0.2) is 5.11 Å². The summed E-state index contributed by atoms with van der Waals surface area (Å²) in [5.41, 5.74) is 1.41. The van der Waals surface area contributed by atoms with Crippen molar-refractivity contribution < 1.29 is 9.50 Å². The second-order valence-electron chi connectivity index (χ2n) is 4.29. The lowest BCUT2D eigenvalue weighted by Gasteiger charge is -2.16. The van der Waals surface area contributed by atoms with Crippen molar-refractivity contribution in [3.8, 4) is 0 Å². The first-order chi connectivity index (χ1) is 7.04. The van der Waals surface area contributed by atoms with Crippen molar-refractivity contribution in [2.24, 2.45) is 5.92 Å². The largest absolute Gasteiger partial charge is 0.388 e. The van der Waals surface area contributed by atoms with Crippen molar-refractivity contribution in [1.82, 2.24) is 0 Å². The molecule has 0 heterocycles. The number of aliphatic hydroxyl groups is 1. The molecule has 0 aliphatic heterocycles. The fourth-order valence-corrected chi connectivity index (χ4v) is 1.59. The van der Waals surface area contributed by atoms with Crippen LogP contribution in [0.5, 0.6) is 0 Å². The lowest BCUT2D eigenvalue weighted by Crippen LogP contribution is -2.06. The van der Waals surface area contributed by atoms with Crippen LogP contribution in [0.25, 0.3) is 0 Å². The highest BCUT2D eigenvalue weighted by atomic mass is 19.1. The van der Waals surface area contributed by atoms with Crippen molar-refractivity contribution in [1.29, 1.82) is 0 Å². The zero-order valence-corrected chi connectivity index (χ0v) is 9.63. The van der Waals surface area contributed by atoms with Gasteiger partial charge in [0.25, 0.3) is 0 Å². The Bertz CT molecular complexity index is 322. The molecule has 1 rings (SSSR count). The highest BCUT2D eigenvalue weighted by Gasteiger charge is 2.15. The lowest BCUT2D eigenvalue weighted by atomic mass is 9.95. The monoisotopic (exact) mass is 210 g/mol. The topological polar surface area (TPSA) is 20.2 Å². The third-order valence-electron chi connectivity index (χ3n) is 2.83. The summed E-state index contributed by atoms with van der Waals surface area (Å²) in [5, 5.41) is 9.89. The Hall–Kier alpha value is -0.890. The summed E-state index contributed by atoms with van der Waals surface area (Å²) in [7, 11) is 0. The van der Waals surface area contributed by atoms with Gasteiger partial charge in [-0.1, -0.05) is 38.0 Å². The molecule has 2 unspecified atom stereocenters. The van der Waals surface area contributed by atoms with Gasteiger partial charge in [0.15, 0.2) is 0 Å². The van der Waals surface area contributed by atoms with Gasteiger partial charge in [-0.25, -0.2) is 4.39 Å². The Balaban J connectivity index is 2.80. The first-order valence-corrected chi connectivity index (χ1v) is 5.48. The van der Waals surface area contributed by atoms with E-state index in [1.165, 1.54) is 6.07 Å². The first-order valence-electron chi connectivity index (χ1n) is 5.48. The molecule has 0 aliphatic carbocycles. The van der Waals surface area contributed by atoms with Gasteiger partial charge in [0.2, 0.25) is 0 Å². The SMILES string of the molecule is CCC(C)CC(O)c1cc(C)ccc1F. The molecule has 2 heteroatoms. The third-order valence-corrected chi connectivity index (χ3v) is 2.83. The molecule has 1 nitrogen and oxygen atoms in total. The average Bonchev–Trinajstić information content (AvgIpc) is 2.21. The van der Waals surface area contributed by atoms with Crippen molar-refractivity contribution in [2.45, 2.75) is 39.7 Å². The molecule has 1 aromatic rings. The zero-order chi connectivity index (χ0) is 11.4. The fourth-order valence-electron chi connectivity index (χ4n) is 1.59. The average molecular weight is 210 g/mol. The first kappa shape index (κ1) is 12.2. The molecule has 0 amide bonds. The molecule has 0 saturated carbocycles. The Labute approximate surface area is 90.9 Å². The minimum absolute atomic E-state index is 0.309. The molecule has 0 aromatic heterocycles. The van der Waals surface area contributed by atoms with Crippen molar-refractivity contribution >= 4 is 0 Å². The molecular weight excluding hydrogens is 191 g/mol. The Morgan fingerprint density at radius 3 is 2.67 bits per heavy atom. The lowest BCUT2D eigenvalue weighted by molar-refractivity contribution is 0.142. The molecule has 0 fully saturated rings. The zero-order valence-electron chi connectivity index (χ0n) is 9.63.